The minimum Gasteiger partial charge on any atom is -0.492 e. The summed E-state index contributed by atoms with van der Waals surface area (Å²) in [6.07, 6.45) is -1.07. The van der Waals surface area contributed by atoms with E-state index in [4.69, 9.17) is 14.2 Å². The van der Waals surface area contributed by atoms with E-state index >= 15 is 0 Å². The fraction of sp³-hybridized carbons (Fsp3) is 0.261. The van der Waals surface area contributed by atoms with Crippen molar-refractivity contribution in [3.63, 3.8) is 0 Å². The number of allylic oxidation sites excluding steroid dienone is 3. The molecule has 0 aliphatic carbocycles. The van der Waals surface area contributed by atoms with Gasteiger partial charge in [-0.05, 0) is 24.3 Å². The molecule has 3 aliphatic heterocycles. The lowest BCUT2D eigenvalue weighted by Gasteiger charge is -2.23. The van der Waals surface area contributed by atoms with E-state index < -0.39 is 17.4 Å². The fourth-order valence-corrected chi connectivity index (χ4v) is 5.11. The summed E-state index contributed by atoms with van der Waals surface area (Å²) in [4.78, 5) is 15.4. The molecule has 3 aliphatic rings. The summed E-state index contributed by atoms with van der Waals surface area (Å²) in [5.41, 5.74) is 0.943. The van der Waals surface area contributed by atoms with Crippen molar-refractivity contribution in [2.45, 2.75) is 11.6 Å². The Morgan fingerprint density at radius 1 is 1.21 bits per heavy atom. The number of methoxy groups -OCH3 is 1. The Morgan fingerprint density at radius 3 is 2.70 bits per heavy atom. The lowest BCUT2D eigenvalue weighted by molar-refractivity contribution is -0.126. The summed E-state index contributed by atoms with van der Waals surface area (Å²) in [5, 5.41) is 0. The molecule has 2 aromatic carbocycles. The molecule has 0 saturated heterocycles. The molecule has 5 rings (SSSR count). The number of amides is 1. The molecule has 0 N–H and O–H groups in total. The summed E-state index contributed by atoms with van der Waals surface area (Å²) in [5.74, 6) is 0.250. The van der Waals surface area contributed by atoms with Gasteiger partial charge in [0, 0.05) is 33.9 Å². The number of halogens is 4. The first-order valence-electron chi connectivity index (χ1n) is 9.93. The predicted octanol–water partition coefficient (Wildman–Crippen LogP) is 4.85. The van der Waals surface area contributed by atoms with Gasteiger partial charge in [0.2, 0.25) is 12.7 Å². The lowest BCUT2D eigenvalue weighted by atomic mass is 9.77. The number of ether oxygens (including phenoxy) is 4. The second-order valence-corrected chi connectivity index (χ2v) is 8.46. The van der Waals surface area contributed by atoms with Crippen LogP contribution in [0.4, 0.5) is 18.9 Å². The Kier molecular flexibility index (Phi) is 5.08. The first kappa shape index (κ1) is 21.7. The van der Waals surface area contributed by atoms with Gasteiger partial charge in [0.1, 0.15) is 17.8 Å². The van der Waals surface area contributed by atoms with Crippen LogP contribution in [0.15, 0.2) is 58.8 Å². The van der Waals surface area contributed by atoms with Crippen LogP contribution in [0.2, 0.25) is 0 Å². The Bertz CT molecular complexity index is 1210. The highest BCUT2D eigenvalue weighted by atomic mass is 79.9. The van der Waals surface area contributed by atoms with Gasteiger partial charge < -0.3 is 23.8 Å². The molecular formula is C23H17BrF3NO5. The summed E-state index contributed by atoms with van der Waals surface area (Å²) in [6, 6.07) is 8.93. The van der Waals surface area contributed by atoms with Gasteiger partial charge in [-0.2, -0.15) is 13.2 Å². The maximum atomic E-state index is 13.8. The molecule has 3 heterocycles. The third-order valence-electron chi connectivity index (χ3n) is 5.87. The van der Waals surface area contributed by atoms with Crippen molar-refractivity contribution in [2.24, 2.45) is 0 Å². The molecule has 0 bridgehead atoms. The zero-order chi connectivity index (χ0) is 23.4. The summed E-state index contributed by atoms with van der Waals surface area (Å²) < 4.78 is 60.6. The molecule has 172 valence electrons. The smallest absolute Gasteiger partial charge is 0.448 e. The molecule has 6 nitrogen and oxygen atoms in total. The molecule has 0 saturated carbocycles. The molecule has 1 amide bonds. The normalized spacial score (nSPS) is 21.1. The quantitative estimate of drug-likeness (QED) is 0.423. The maximum Gasteiger partial charge on any atom is 0.448 e. The van der Waals surface area contributed by atoms with Crippen LogP contribution >= 0.6 is 15.9 Å². The number of nitrogens with zero attached hydrogens (tertiary/aromatic N) is 1. The molecule has 1 atom stereocenters. The Hall–Kier alpha value is -3.14. The van der Waals surface area contributed by atoms with Crippen molar-refractivity contribution < 1.29 is 36.9 Å². The number of alkyl halides is 3. The molecule has 0 aromatic heterocycles. The van der Waals surface area contributed by atoms with Crippen LogP contribution in [-0.4, -0.2) is 39.1 Å². The molecule has 1 spiro atoms. The van der Waals surface area contributed by atoms with E-state index in [1.807, 2.05) is 6.07 Å². The molecule has 2 aromatic rings. The minimum absolute atomic E-state index is 0.0648. The highest BCUT2D eigenvalue weighted by molar-refractivity contribution is 9.10. The predicted molar refractivity (Wildman–Crippen MR) is 116 cm³/mol. The number of carbonyl (C=O) groups excluding carboxylic acids is 1. The number of benzene rings is 2. The van der Waals surface area contributed by atoms with E-state index in [9.17, 15) is 18.0 Å². The first-order valence-corrected chi connectivity index (χ1v) is 10.7. The first-order chi connectivity index (χ1) is 15.8. The van der Waals surface area contributed by atoms with E-state index in [2.05, 4.69) is 20.7 Å². The van der Waals surface area contributed by atoms with Crippen molar-refractivity contribution in [3.8, 4) is 17.2 Å². The van der Waals surface area contributed by atoms with E-state index in [1.165, 1.54) is 17.1 Å². The second kappa shape index (κ2) is 7.72. The van der Waals surface area contributed by atoms with Crippen molar-refractivity contribution in [2.75, 3.05) is 32.0 Å². The molecule has 33 heavy (non-hydrogen) atoms. The highest BCUT2D eigenvalue weighted by Crippen LogP contribution is 2.56. The lowest BCUT2D eigenvalue weighted by Crippen LogP contribution is -2.42. The SMILES string of the molecule is CO/C(=C\C=C\CN1C(=O)C2(COc3cc4c(cc32)OCO4)c2c(Br)cccc21)C(F)(F)F. The third kappa shape index (κ3) is 3.26. The Morgan fingerprint density at radius 2 is 1.97 bits per heavy atom. The van der Waals surface area contributed by atoms with Gasteiger partial charge in [-0.3, -0.25) is 4.79 Å². The van der Waals surface area contributed by atoms with Crippen molar-refractivity contribution in [1.29, 1.82) is 0 Å². The van der Waals surface area contributed by atoms with Crippen molar-refractivity contribution >= 4 is 27.5 Å². The average Bonchev–Trinajstić information content (AvgIpc) is 3.43. The summed E-state index contributed by atoms with van der Waals surface area (Å²) in [7, 11) is 0.956. The minimum atomic E-state index is -4.60. The van der Waals surface area contributed by atoms with Gasteiger partial charge in [-0.25, -0.2) is 0 Å². The highest BCUT2D eigenvalue weighted by Gasteiger charge is 2.58. The zero-order valence-electron chi connectivity index (χ0n) is 17.2. The van der Waals surface area contributed by atoms with Crippen LogP contribution in [0.25, 0.3) is 0 Å². The van der Waals surface area contributed by atoms with E-state index in [1.54, 1.807) is 24.3 Å². The van der Waals surface area contributed by atoms with E-state index in [-0.39, 0.29) is 25.9 Å². The van der Waals surface area contributed by atoms with Gasteiger partial charge in [-0.1, -0.05) is 34.1 Å². The second-order valence-electron chi connectivity index (χ2n) is 7.61. The number of rotatable bonds is 4. The van der Waals surface area contributed by atoms with Crippen molar-refractivity contribution in [1.82, 2.24) is 0 Å². The number of hydrogen-bond acceptors (Lipinski definition) is 5. The molecule has 10 heteroatoms. The summed E-state index contributed by atoms with van der Waals surface area (Å²) in [6.45, 7) is 0.238. The number of carbonyl (C=O) groups is 1. The van der Waals surface area contributed by atoms with Gasteiger partial charge in [0.05, 0.1) is 7.11 Å². The third-order valence-corrected chi connectivity index (χ3v) is 6.53. The average molecular weight is 524 g/mol. The number of hydrogen-bond donors (Lipinski definition) is 0. The summed E-state index contributed by atoms with van der Waals surface area (Å²) >= 11 is 3.57. The Labute approximate surface area is 195 Å². The van der Waals surface area contributed by atoms with Crippen molar-refractivity contribution in [3.05, 3.63) is 69.9 Å². The van der Waals surface area contributed by atoms with Gasteiger partial charge in [0.15, 0.2) is 17.3 Å². The maximum absolute atomic E-state index is 13.8. The molecule has 1 unspecified atom stereocenters. The largest absolute Gasteiger partial charge is 0.492 e. The monoisotopic (exact) mass is 523 g/mol. The Balaban J connectivity index is 1.54. The molecular weight excluding hydrogens is 507 g/mol. The van der Waals surface area contributed by atoms with Gasteiger partial charge in [-0.15, -0.1) is 0 Å². The molecule has 0 fully saturated rings. The van der Waals surface area contributed by atoms with E-state index in [0.717, 1.165) is 23.2 Å². The van der Waals surface area contributed by atoms with Crippen LogP contribution in [0.5, 0.6) is 17.2 Å². The topological polar surface area (TPSA) is 57.2 Å². The fourth-order valence-electron chi connectivity index (χ4n) is 4.41. The van der Waals surface area contributed by atoms with E-state index in [0.29, 0.717) is 28.5 Å². The molecule has 0 radical (unpaired) electrons. The van der Waals surface area contributed by atoms with Crippen LogP contribution in [0.1, 0.15) is 11.1 Å². The van der Waals surface area contributed by atoms with Crippen LogP contribution in [0.3, 0.4) is 0 Å². The van der Waals surface area contributed by atoms with Crippen LogP contribution in [0, 0.1) is 0 Å². The number of fused-ring (bicyclic) bond motifs is 5. The zero-order valence-corrected chi connectivity index (χ0v) is 18.8. The van der Waals surface area contributed by atoms with Gasteiger partial charge >= 0.3 is 6.18 Å². The standard InChI is InChI=1S/C23H17BrF3NO5/c1-30-19(23(25,26)27)7-2-3-8-28-15-6-4-5-14(24)20(15)22(21(28)29)11-31-16-10-18-17(9-13(16)22)32-12-33-18/h2-7,9-10H,8,11-12H2,1H3/b3-2+,19-7-. The van der Waals surface area contributed by atoms with Gasteiger partial charge in [0.25, 0.3) is 0 Å². The van der Waals surface area contributed by atoms with Crippen LogP contribution < -0.4 is 19.1 Å². The number of anilines is 1. The van der Waals surface area contributed by atoms with Crippen LogP contribution in [-0.2, 0) is 14.9 Å².